The number of rotatable bonds is 3. The Morgan fingerprint density at radius 1 is 1.24 bits per heavy atom. The highest BCUT2D eigenvalue weighted by atomic mass is 79.9. The Balaban J connectivity index is 2.08. The van der Waals surface area contributed by atoms with Crippen molar-refractivity contribution in [1.82, 2.24) is 0 Å². The van der Waals surface area contributed by atoms with E-state index in [1.165, 1.54) is 0 Å². The van der Waals surface area contributed by atoms with Crippen LogP contribution in [0.5, 0.6) is 5.75 Å². The third-order valence-electron chi connectivity index (χ3n) is 3.35. The Labute approximate surface area is 135 Å². The van der Waals surface area contributed by atoms with Crippen LogP contribution >= 0.6 is 27.5 Å². The van der Waals surface area contributed by atoms with Crippen molar-refractivity contribution < 1.29 is 9.15 Å². The third-order valence-corrected chi connectivity index (χ3v) is 4.14. The summed E-state index contributed by atoms with van der Waals surface area (Å²) in [5.41, 5.74) is 7.84. The molecule has 0 fully saturated rings. The van der Waals surface area contributed by atoms with Crippen molar-refractivity contribution in [3.05, 3.63) is 63.3 Å². The van der Waals surface area contributed by atoms with Crippen LogP contribution < -0.4 is 10.5 Å². The van der Waals surface area contributed by atoms with Gasteiger partial charge in [0.25, 0.3) is 0 Å². The first kappa shape index (κ1) is 14.4. The van der Waals surface area contributed by atoms with E-state index in [-0.39, 0.29) is 0 Å². The first-order valence-electron chi connectivity index (χ1n) is 6.37. The lowest BCUT2D eigenvalue weighted by molar-refractivity contribution is 0.404. The van der Waals surface area contributed by atoms with Crippen molar-refractivity contribution >= 4 is 38.5 Å². The van der Waals surface area contributed by atoms with Crippen LogP contribution in [0.2, 0.25) is 5.02 Å². The van der Waals surface area contributed by atoms with E-state index < -0.39 is 6.04 Å². The van der Waals surface area contributed by atoms with Gasteiger partial charge in [-0.25, -0.2) is 0 Å². The fourth-order valence-electron chi connectivity index (χ4n) is 2.30. The molecule has 3 aromatic rings. The molecule has 21 heavy (non-hydrogen) atoms. The van der Waals surface area contributed by atoms with Gasteiger partial charge in [-0.05, 0) is 24.3 Å². The molecule has 2 N–H and O–H groups in total. The van der Waals surface area contributed by atoms with Crippen molar-refractivity contribution in [1.29, 1.82) is 0 Å². The number of para-hydroxylation sites is 1. The number of nitrogens with two attached hydrogens (primary N) is 1. The molecule has 108 valence electrons. The van der Waals surface area contributed by atoms with Gasteiger partial charge in [0, 0.05) is 15.4 Å². The molecule has 1 heterocycles. The number of hydrogen-bond acceptors (Lipinski definition) is 3. The highest BCUT2D eigenvalue weighted by Gasteiger charge is 2.19. The zero-order chi connectivity index (χ0) is 15.0. The number of hydrogen-bond donors (Lipinski definition) is 1. The minimum absolute atomic E-state index is 0.420. The van der Waals surface area contributed by atoms with Crippen LogP contribution in [-0.2, 0) is 0 Å². The Kier molecular flexibility index (Phi) is 3.93. The molecule has 0 amide bonds. The topological polar surface area (TPSA) is 48.4 Å². The molecule has 0 saturated carbocycles. The van der Waals surface area contributed by atoms with Crippen molar-refractivity contribution in [3.8, 4) is 5.75 Å². The van der Waals surface area contributed by atoms with Gasteiger partial charge >= 0.3 is 0 Å². The van der Waals surface area contributed by atoms with Crippen molar-refractivity contribution in [2.45, 2.75) is 6.04 Å². The van der Waals surface area contributed by atoms with Crippen molar-refractivity contribution in [3.63, 3.8) is 0 Å². The van der Waals surface area contributed by atoms with Gasteiger partial charge in [0.15, 0.2) is 5.58 Å². The summed E-state index contributed by atoms with van der Waals surface area (Å²) < 4.78 is 12.1. The van der Waals surface area contributed by atoms with Crippen LogP contribution in [0.15, 0.2) is 51.4 Å². The molecule has 0 radical (unpaired) electrons. The van der Waals surface area contributed by atoms with Crippen LogP contribution in [0.4, 0.5) is 0 Å². The largest absolute Gasteiger partial charge is 0.496 e. The van der Waals surface area contributed by atoms with Gasteiger partial charge in [0.1, 0.15) is 11.5 Å². The molecule has 0 saturated heterocycles. The minimum Gasteiger partial charge on any atom is -0.496 e. The van der Waals surface area contributed by atoms with E-state index in [4.69, 9.17) is 26.5 Å². The Morgan fingerprint density at radius 3 is 2.76 bits per heavy atom. The van der Waals surface area contributed by atoms with Crippen LogP contribution in [0.1, 0.15) is 17.4 Å². The molecule has 1 atom stereocenters. The number of ether oxygens (including phenoxy) is 1. The lowest BCUT2D eigenvalue weighted by atomic mass is 10.0. The summed E-state index contributed by atoms with van der Waals surface area (Å²) in [5, 5.41) is 1.51. The Morgan fingerprint density at radius 2 is 2.05 bits per heavy atom. The molecule has 0 bridgehead atoms. The maximum atomic E-state index is 6.32. The number of methoxy groups -OCH3 is 1. The standard InChI is InChI=1S/C16H13BrClNO2/c1-20-13-8-10(17)5-6-11(13)15(19)14-7-9-3-2-4-12(18)16(9)21-14/h2-8,15H,19H2,1H3. The minimum atomic E-state index is -0.420. The van der Waals surface area contributed by atoms with Crippen LogP contribution in [0, 0.1) is 0 Å². The molecule has 2 aromatic carbocycles. The van der Waals surface area contributed by atoms with Crippen molar-refractivity contribution in [2.75, 3.05) is 7.11 Å². The molecule has 3 nitrogen and oxygen atoms in total. The fraction of sp³-hybridized carbons (Fsp3) is 0.125. The van der Waals surface area contributed by atoms with Crippen LogP contribution in [-0.4, -0.2) is 7.11 Å². The summed E-state index contributed by atoms with van der Waals surface area (Å²) in [4.78, 5) is 0. The highest BCUT2D eigenvalue weighted by Crippen LogP contribution is 2.35. The molecule has 0 aliphatic heterocycles. The first-order valence-corrected chi connectivity index (χ1v) is 7.54. The number of furan rings is 1. The number of benzene rings is 2. The summed E-state index contributed by atoms with van der Waals surface area (Å²) in [6.07, 6.45) is 0. The molecular weight excluding hydrogens is 354 g/mol. The van der Waals surface area contributed by atoms with E-state index in [1.54, 1.807) is 13.2 Å². The molecule has 1 aromatic heterocycles. The Hall–Kier alpha value is -1.49. The Bertz CT molecular complexity index is 800. The fourth-order valence-corrected chi connectivity index (χ4v) is 2.86. The summed E-state index contributed by atoms with van der Waals surface area (Å²) in [6.45, 7) is 0. The molecule has 0 aliphatic rings. The quantitative estimate of drug-likeness (QED) is 0.717. The van der Waals surface area contributed by atoms with E-state index in [1.807, 2.05) is 36.4 Å². The molecule has 0 spiro atoms. The zero-order valence-corrected chi connectivity index (χ0v) is 13.6. The smallest absolute Gasteiger partial charge is 0.152 e. The van der Waals surface area contributed by atoms with Gasteiger partial charge in [-0.3, -0.25) is 0 Å². The van der Waals surface area contributed by atoms with Gasteiger partial charge in [0.2, 0.25) is 0 Å². The second-order valence-electron chi connectivity index (χ2n) is 4.67. The first-order chi connectivity index (χ1) is 10.1. The second kappa shape index (κ2) is 5.72. The predicted molar refractivity (Wildman–Crippen MR) is 87.9 cm³/mol. The van der Waals surface area contributed by atoms with E-state index in [0.29, 0.717) is 22.1 Å². The number of halogens is 2. The monoisotopic (exact) mass is 365 g/mol. The van der Waals surface area contributed by atoms with Gasteiger partial charge < -0.3 is 14.9 Å². The molecular formula is C16H13BrClNO2. The average molecular weight is 367 g/mol. The zero-order valence-electron chi connectivity index (χ0n) is 11.3. The lowest BCUT2D eigenvalue weighted by Gasteiger charge is -2.14. The lowest BCUT2D eigenvalue weighted by Crippen LogP contribution is -2.12. The van der Waals surface area contributed by atoms with Crippen LogP contribution in [0.3, 0.4) is 0 Å². The second-order valence-corrected chi connectivity index (χ2v) is 5.99. The summed E-state index contributed by atoms with van der Waals surface area (Å²) in [5.74, 6) is 1.36. The predicted octanol–water partition coefficient (Wildman–Crippen LogP) is 4.91. The van der Waals surface area contributed by atoms with Crippen molar-refractivity contribution in [2.24, 2.45) is 5.73 Å². The third kappa shape index (κ3) is 2.67. The SMILES string of the molecule is COc1cc(Br)ccc1C(N)c1cc2cccc(Cl)c2o1. The average Bonchev–Trinajstić information content (AvgIpc) is 2.92. The van der Waals surface area contributed by atoms with Gasteiger partial charge in [0.05, 0.1) is 18.2 Å². The summed E-state index contributed by atoms with van der Waals surface area (Å²) in [6, 6.07) is 12.8. The molecule has 0 aliphatic carbocycles. The van der Waals surface area contributed by atoms with Gasteiger partial charge in [-0.1, -0.05) is 45.7 Å². The maximum absolute atomic E-state index is 6.32. The van der Waals surface area contributed by atoms with Crippen LogP contribution in [0.25, 0.3) is 11.0 Å². The summed E-state index contributed by atoms with van der Waals surface area (Å²) in [7, 11) is 1.62. The van der Waals surface area contributed by atoms with E-state index in [0.717, 1.165) is 15.4 Å². The number of fused-ring (bicyclic) bond motifs is 1. The molecule has 1 unspecified atom stereocenters. The molecule has 3 rings (SSSR count). The maximum Gasteiger partial charge on any atom is 0.152 e. The normalized spacial score (nSPS) is 12.6. The summed E-state index contributed by atoms with van der Waals surface area (Å²) >= 11 is 9.55. The van der Waals surface area contributed by atoms with E-state index >= 15 is 0 Å². The highest BCUT2D eigenvalue weighted by molar-refractivity contribution is 9.10. The molecule has 5 heteroatoms. The van der Waals surface area contributed by atoms with E-state index in [9.17, 15) is 0 Å². The van der Waals surface area contributed by atoms with E-state index in [2.05, 4.69) is 15.9 Å². The van der Waals surface area contributed by atoms with Gasteiger partial charge in [-0.15, -0.1) is 0 Å². The van der Waals surface area contributed by atoms with Gasteiger partial charge in [-0.2, -0.15) is 0 Å².